The van der Waals surface area contributed by atoms with Crippen molar-refractivity contribution in [3.05, 3.63) is 106 Å². The van der Waals surface area contributed by atoms with Crippen molar-refractivity contribution in [1.82, 2.24) is 19.9 Å². The van der Waals surface area contributed by atoms with Gasteiger partial charge >= 0.3 is 6.18 Å². The summed E-state index contributed by atoms with van der Waals surface area (Å²) in [4.78, 5) is 39.8. The first-order chi connectivity index (χ1) is 20.9. The van der Waals surface area contributed by atoms with E-state index in [-0.39, 0.29) is 47.8 Å². The molecule has 11 nitrogen and oxygen atoms in total. The third-order valence-electron chi connectivity index (χ3n) is 6.52. The van der Waals surface area contributed by atoms with E-state index in [1.807, 2.05) is 6.07 Å². The Hall–Kier alpha value is -5.14. The van der Waals surface area contributed by atoms with Gasteiger partial charge in [-0.15, -0.1) is 0 Å². The second kappa shape index (κ2) is 13.9. The van der Waals surface area contributed by atoms with Crippen LogP contribution in [0.1, 0.15) is 42.8 Å². The molecule has 232 valence electrons. The number of anilines is 1. The minimum Gasteiger partial charge on any atom is -0.402 e. The molecule has 2 heterocycles. The van der Waals surface area contributed by atoms with Crippen LogP contribution in [0.2, 0.25) is 0 Å². The molecule has 14 heteroatoms. The van der Waals surface area contributed by atoms with E-state index in [0.29, 0.717) is 11.3 Å². The molecule has 1 aromatic carbocycles. The summed E-state index contributed by atoms with van der Waals surface area (Å²) in [5.41, 5.74) is 13.3. The zero-order chi connectivity index (χ0) is 31.9. The first-order valence-electron chi connectivity index (χ1n) is 13.7. The fraction of sp³-hybridized carbons (Fsp3) is 0.300. The second-order valence-electron chi connectivity index (χ2n) is 10.4. The molecule has 1 aliphatic carbocycles. The Kier molecular flexibility index (Phi) is 10.0. The van der Waals surface area contributed by atoms with E-state index in [1.54, 1.807) is 56.4 Å². The molecule has 1 atom stereocenters. The van der Waals surface area contributed by atoms with Gasteiger partial charge in [-0.3, -0.25) is 19.1 Å². The molecule has 0 saturated carbocycles. The van der Waals surface area contributed by atoms with Crippen LogP contribution in [0.3, 0.4) is 0 Å². The molecule has 0 bridgehead atoms. The highest BCUT2D eigenvalue weighted by atomic mass is 19.4. The Morgan fingerprint density at radius 1 is 1.18 bits per heavy atom. The van der Waals surface area contributed by atoms with Crippen molar-refractivity contribution in [2.45, 2.75) is 52.2 Å². The fourth-order valence-electron chi connectivity index (χ4n) is 4.35. The molecule has 1 amide bonds. The number of allylic oxidation sites excluding steroid dienone is 4. The molecule has 0 fully saturated rings. The van der Waals surface area contributed by atoms with Crippen molar-refractivity contribution in [3.63, 3.8) is 0 Å². The number of carbonyl (C=O) groups excluding carboxylic acids is 1. The predicted octanol–water partition coefficient (Wildman–Crippen LogP) is 3.42. The topological polar surface area (TPSA) is 163 Å². The lowest BCUT2D eigenvalue weighted by molar-refractivity contribution is -0.160. The van der Waals surface area contributed by atoms with Gasteiger partial charge in [0.25, 0.3) is 5.56 Å². The third-order valence-corrected chi connectivity index (χ3v) is 6.52. The number of halogens is 3. The Labute approximate surface area is 251 Å². The molecule has 0 aliphatic heterocycles. The van der Waals surface area contributed by atoms with Crippen LogP contribution in [-0.2, 0) is 29.3 Å². The van der Waals surface area contributed by atoms with Crippen LogP contribution in [-0.4, -0.2) is 38.5 Å². The first-order valence-corrected chi connectivity index (χ1v) is 13.7. The number of nitrogens with zero attached hydrogens (tertiary/aromatic N) is 4. The van der Waals surface area contributed by atoms with Gasteiger partial charge in [-0.25, -0.2) is 4.98 Å². The summed E-state index contributed by atoms with van der Waals surface area (Å²) < 4.78 is 41.7. The minimum atomic E-state index is -4.53. The highest BCUT2D eigenvalue weighted by Crippen LogP contribution is 2.37. The van der Waals surface area contributed by atoms with Crippen molar-refractivity contribution in [2.75, 3.05) is 5.32 Å². The van der Waals surface area contributed by atoms with Gasteiger partial charge < -0.3 is 26.9 Å². The molecular weight excluding hydrogens is 577 g/mol. The first kappa shape index (κ1) is 31.8. The van der Waals surface area contributed by atoms with Crippen molar-refractivity contribution >= 4 is 23.1 Å². The summed E-state index contributed by atoms with van der Waals surface area (Å²) in [7, 11) is 0. The number of alkyl halides is 3. The lowest BCUT2D eigenvalue weighted by Gasteiger charge is -2.24. The lowest BCUT2D eigenvalue weighted by atomic mass is 9.92. The fourth-order valence-corrected chi connectivity index (χ4v) is 4.35. The minimum absolute atomic E-state index is 0.00607. The Morgan fingerprint density at radius 2 is 1.93 bits per heavy atom. The number of aromatic nitrogens is 3. The number of carbonyl (C=O) groups is 1. The van der Waals surface area contributed by atoms with Gasteiger partial charge in [0.05, 0.1) is 23.5 Å². The number of nitrogens with one attached hydrogen (secondary N) is 2. The average Bonchev–Trinajstić information content (AvgIpc) is 2.98. The van der Waals surface area contributed by atoms with E-state index in [9.17, 15) is 22.8 Å². The maximum atomic E-state index is 13.5. The zero-order valence-corrected chi connectivity index (χ0v) is 24.1. The smallest absolute Gasteiger partial charge is 0.395 e. The third kappa shape index (κ3) is 8.46. The average molecular weight is 611 g/mol. The van der Waals surface area contributed by atoms with Gasteiger partial charge in [0.1, 0.15) is 6.54 Å². The molecule has 4 rings (SSSR count). The van der Waals surface area contributed by atoms with Crippen molar-refractivity contribution in [1.29, 1.82) is 0 Å². The zero-order valence-electron chi connectivity index (χ0n) is 24.1. The van der Waals surface area contributed by atoms with Crippen LogP contribution in [0.5, 0.6) is 0 Å². The standard InChI is InChI=1S/C30H33F3N8O3/c1-18(2)39-28-29(43)41(25(15-38-28)21-11-22(30(31,32)33)13-23(34)12-21)16-26(42)37-14-19-6-8-20(9-7-19)27(35)40-44-17-24-5-3-4-10-36-24/h3-12,15,18,22H,13-14,16-17,34H2,1-2H3,(H2,35,40)(H,37,42)(H,38,39). The summed E-state index contributed by atoms with van der Waals surface area (Å²) >= 11 is 0. The largest absolute Gasteiger partial charge is 0.402 e. The van der Waals surface area contributed by atoms with Crippen LogP contribution >= 0.6 is 0 Å². The highest BCUT2D eigenvalue weighted by molar-refractivity contribution is 5.97. The molecule has 3 aromatic rings. The summed E-state index contributed by atoms with van der Waals surface area (Å²) in [6, 6.07) is 12.2. The second-order valence-corrected chi connectivity index (χ2v) is 10.4. The molecule has 0 radical (unpaired) electrons. The number of amidine groups is 1. The number of hydrogen-bond donors (Lipinski definition) is 4. The number of hydrogen-bond acceptors (Lipinski definition) is 8. The van der Waals surface area contributed by atoms with Gasteiger partial charge in [-0.1, -0.05) is 41.6 Å². The summed E-state index contributed by atoms with van der Waals surface area (Å²) in [6.45, 7) is 3.41. The highest BCUT2D eigenvalue weighted by Gasteiger charge is 2.40. The van der Waals surface area contributed by atoms with Gasteiger partial charge in [0, 0.05) is 36.5 Å². The van der Waals surface area contributed by atoms with Crippen LogP contribution in [0.4, 0.5) is 19.0 Å². The van der Waals surface area contributed by atoms with E-state index in [4.69, 9.17) is 16.3 Å². The number of amides is 1. The number of oxime groups is 1. The molecule has 6 N–H and O–H groups in total. The van der Waals surface area contributed by atoms with Gasteiger partial charge in [-0.2, -0.15) is 13.2 Å². The van der Waals surface area contributed by atoms with Crippen molar-refractivity contribution < 1.29 is 22.8 Å². The molecule has 44 heavy (non-hydrogen) atoms. The van der Waals surface area contributed by atoms with E-state index in [0.717, 1.165) is 16.2 Å². The Bertz CT molecular complexity index is 1620. The quantitative estimate of drug-likeness (QED) is 0.146. The molecule has 1 unspecified atom stereocenters. The predicted molar refractivity (Wildman–Crippen MR) is 160 cm³/mol. The SMILES string of the molecule is CC(C)Nc1ncc(C2=CC(C(F)(F)F)CC(N)=C2)n(CC(=O)NCc2ccc(/C(N)=N/OCc3ccccn3)cc2)c1=O. The Morgan fingerprint density at radius 3 is 2.59 bits per heavy atom. The number of benzene rings is 1. The van der Waals surface area contributed by atoms with Gasteiger partial charge in [-0.05, 0) is 43.2 Å². The summed E-state index contributed by atoms with van der Waals surface area (Å²) in [5, 5.41) is 9.55. The number of pyridine rings is 1. The van der Waals surface area contributed by atoms with Crippen molar-refractivity contribution in [2.24, 2.45) is 22.5 Å². The maximum Gasteiger partial charge on any atom is 0.395 e. The molecule has 2 aromatic heterocycles. The molecule has 0 saturated heterocycles. The normalized spacial score (nSPS) is 15.4. The number of nitrogens with two attached hydrogens (primary N) is 2. The van der Waals surface area contributed by atoms with E-state index >= 15 is 0 Å². The molecular formula is C30H33F3N8O3. The summed E-state index contributed by atoms with van der Waals surface area (Å²) in [5.74, 6) is -2.24. The monoisotopic (exact) mass is 610 g/mol. The van der Waals surface area contributed by atoms with E-state index in [2.05, 4.69) is 25.8 Å². The maximum absolute atomic E-state index is 13.5. The number of rotatable bonds is 11. The molecule has 0 spiro atoms. The van der Waals surface area contributed by atoms with Gasteiger partial charge in [0.2, 0.25) is 5.91 Å². The lowest BCUT2D eigenvalue weighted by Crippen LogP contribution is -2.36. The summed E-state index contributed by atoms with van der Waals surface area (Å²) in [6.07, 6.45) is 0.344. The Balaban J connectivity index is 1.46. The van der Waals surface area contributed by atoms with Crippen LogP contribution in [0, 0.1) is 5.92 Å². The van der Waals surface area contributed by atoms with Crippen LogP contribution in [0.15, 0.2) is 82.7 Å². The van der Waals surface area contributed by atoms with E-state index < -0.39 is 36.5 Å². The van der Waals surface area contributed by atoms with E-state index in [1.165, 1.54) is 12.3 Å². The van der Waals surface area contributed by atoms with Crippen LogP contribution < -0.4 is 27.7 Å². The van der Waals surface area contributed by atoms with Gasteiger partial charge in [0.15, 0.2) is 18.3 Å². The van der Waals surface area contributed by atoms with Crippen LogP contribution in [0.25, 0.3) is 5.57 Å². The molecule has 1 aliphatic rings. The van der Waals surface area contributed by atoms with Crippen molar-refractivity contribution in [3.8, 4) is 0 Å².